The molecule has 0 bridgehead atoms. The molecule has 118 valence electrons. The largest absolute Gasteiger partial charge is 0.255 e. The fraction of sp³-hybridized carbons (Fsp3) is 0.136. The third-order valence-electron chi connectivity index (χ3n) is 4.25. The van der Waals surface area contributed by atoms with Gasteiger partial charge < -0.3 is 0 Å². The third-order valence-corrected chi connectivity index (χ3v) is 4.25. The van der Waals surface area contributed by atoms with E-state index in [0.29, 0.717) is 22.0 Å². The van der Waals surface area contributed by atoms with E-state index in [1.807, 2.05) is 13.0 Å². The second kappa shape index (κ2) is 5.41. The van der Waals surface area contributed by atoms with Gasteiger partial charge in [-0.3, -0.25) is 4.98 Å². The topological polar surface area (TPSA) is 12.9 Å². The maximum Gasteiger partial charge on any atom is 0.131 e. The van der Waals surface area contributed by atoms with Gasteiger partial charge in [0.2, 0.25) is 0 Å². The van der Waals surface area contributed by atoms with Gasteiger partial charge in [0.1, 0.15) is 5.82 Å². The minimum absolute atomic E-state index is 0.0616. The van der Waals surface area contributed by atoms with Crippen molar-refractivity contribution in [1.82, 2.24) is 4.98 Å². The number of benzene rings is 3. The monoisotopic (exact) mass is 321 g/mol. The normalized spacial score (nSPS) is 16.1. The first-order valence-corrected chi connectivity index (χ1v) is 7.60. The van der Waals surface area contributed by atoms with Crippen LogP contribution in [-0.4, -0.2) is 4.98 Å². The van der Waals surface area contributed by atoms with Gasteiger partial charge in [-0.15, -0.1) is 0 Å². The molecule has 0 unspecified atom stereocenters. The summed E-state index contributed by atoms with van der Waals surface area (Å²) in [5.74, 6) is -0.332. The Morgan fingerprint density at radius 1 is 0.917 bits per heavy atom. The van der Waals surface area contributed by atoms with Crippen LogP contribution in [0.1, 0.15) is 24.9 Å². The van der Waals surface area contributed by atoms with Crippen LogP contribution < -0.4 is 0 Å². The summed E-state index contributed by atoms with van der Waals surface area (Å²) in [4.78, 5) is 4.49. The van der Waals surface area contributed by atoms with Crippen molar-refractivity contribution in [3.8, 4) is 11.3 Å². The Hall–Kier alpha value is -2.74. The zero-order chi connectivity index (χ0) is 21.8. The van der Waals surface area contributed by atoms with Crippen molar-refractivity contribution in [3.63, 3.8) is 0 Å². The minimum atomic E-state index is -2.47. The van der Waals surface area contributed by atoms with Gasteiger partial charge >= 0.3 is 0 Å². The Labute approximate surface area is 149 Å². The maximum atomic E-state index is 14.3. The molecule has 0 aliphatic carbocycles. The molecule has 3 aromatic carbocycles. The van der Waals surface area contributed by atoms with Crippen molar-refractivity contribution in [3.05, 3.63) is 77.2 Å². The van der Waals surface area contributed by atoms with Crippen LogP contribution in [0.3, 0.4) is 0 Å². The van der Waals surface area contributed by atoms with E-state index in [1.54, 1.807) is 24.4 Å². The maximum absolute atomic E-state index is 14.3. The average Bonchev–Trinajstić information content (AvgIpc) is 2.66. The number of aromatic nitrogens is 1. The molecule has 4 rings (SSSR count). The fourth-order valence-corrected chi connectivity index (χ4v) is 3.23. The number of hydrogen-bond donors (Lipinski definition) is 0. The number of halogens is 1. The summed E-state index contributed by atoms with van der Waals surface area (Å²) < 4.78 is 60.8. The van der Waals surface area contributed by atoms with E-state index in [9.17, 15) is 4.39 Å². The predicted octanol–water partition coefficient (Wildman–Crippen LogP) is 6.12. The summed E-state index contributed by atoms with van der Waals surface area (Å²) in [5.41, 5.74) is 1.57. The van der Waals surface area contributed by atoms with Crippen LogP contribution in [0.25, 0.3) is 32.8 Å². The van der Waals surface area contributed by atoms with Crippen LogP contribution in [0.5, 0.6) is 0 Å². The number of hydrogen-bond acceptors (Lipinski definition) is 1. The van der Waals surface area contributed by atoms with Crippen molar-refractivity contribution in [1.29, 1.82) is 0 Å². The van der Waals surface area contributed by atoms with Crippen molar-refractivity contribution >= 4 is 21.5 Å². The molecule has 2 heteroatoms. The van der Waals surface area contributed by atoms with Gasteiger partial charge in [-0.2, -0.15) is 0 Å². The van der Waals surface area contributed by atoms with Gasteiger partial charge in [0.25, 0.3) is 0 Å². The van der Waals surface area contributed by atoms with Crippen molar-refractivity contribution in [2.75, 3.05) is 0 Å². The highest BCUT2D eigenvalue weighted by molar-refractivity contribution is 6.12. The molecule has 0 N–H and O–H groups in total. The highest BCUT2D eigenvalue weighted by Gasteiger charge is 2.12. The predicted molar refractivity (Wildman–Crippen MR) is 98.9 cm³/mol. The number of pyridine rings is 1. The van der Waals surface area contributed by atoms with Gasteiger partial charge in [0.05, 0.1) is 5.69 Å². The summed E-state index contributed by atoms with van der Waals surface area (Å²) in [7, 11) is 0. The van der Waals surface area contributed by atoms with E-state index in [-0.39, 0.29) is 16.9 Å². The highest BCUT2D eigenvalue weighted by Crippen LogP contribution is 2.35. The van der Waals surface area contributed by atoms with Gasteiger partial charge in [-0.05, 0) is 55.2 Å². The summed E-state index contributed by atoms with van der Waals surface area (Å²) in [5, 5.41) is 2.69. The van der Waals surface area contributed by atoms with E-state index in [4.69, 9.17) is 8.22 Å². The van der Waals surface area contributed by atoms with E-state index >= 15 is 0 Å². The number of aryl methyl sites for hydroxylation is 3. The SMILES string of the molecule is [2H]C([2H])([2H])c1cc(-c2ncc(C)c3c2ccc2c(F)cccc23)cc(C([2H])([2H])[2H])c1. The average molecular weight is 321 g/mol. The molecule has 0 aliphatic heterocycles. The first kappa shape index (κ1) is 9.53. The van der Waals surface area contributed by atoms with Crippen molar-refractivity contribution in [2.24, 2.45) is 0 Å². The molecule has 0 atom stereocenters. The van der Waals surface area contributed by atoms with Gasteiger partial charge in [0, 0.05) is 30.8 Å². The first-order chi connectivity index (χ1) is 14.0. The van der Waals surface area contributed by atoms with E-state index in [1.165, 1.54) is 24.3 Å². The smallest absolute Gasteiger partial charge is 0.131 e. The second-order valence-electron chi connectivity index (χ2n) is 5.91. The van der Waals surface area contributed by atoms with Crippen LogP contribution in [0, 0.1) is 26.4 Å². The van der Waals surface area contributed by atoms with Gasteiger partial charge in [-0.25, -0.2) is 4.39 Å². The molecule has 0 amide bonds. The Morgan fingerprint density at radius 3 is 2.42 bits per heavy atom. The van der Waals surface area contributed by atoms with Crippen LogP contribution in [0.15, 0.2) is 54.7 Å². The van der Waals surface area contributed by atoms with Gasteiger partial charge in [-0.1, -0.05) is 41.5 Å². The van der Waals surface area contributed by atoms with Crippen molar-refractivity contribution < 1.29 is 12.6 Å². The van der Waals surface area contributed by atoms with Crippen molar-refractivity contribution in [2.45, 2.75) is 20.6 Å². The first-order valence-electron chi connectivity index (χ1n) is 10.6. The Kier molecular flexibility index (Phi) is 2.15. The summed E-state index contributed by atoms with van der Waals surface area (Å²) in [6, 6.07) is 12.4. The summed E-state index contributed by atoms with van der Waals surface area (Å²) >= 11 is 0. The number of fused-ring (bicyclic) bond motifs is 3. The lowest BCUT2D eigenvalue weighted by Gasteiger charge is -2.12. The van der Waals surface area contributed by atoms with E-state index in [0.717, 1.165) is 16.3 Å². The Bertz CT molecular complexity index is 1260. The third kappa shape index (κ3) is 2.26. The zero-order valence-corrected chi connectivity index (χ0v) is 13.0. The minimum Gasteiger partial charge on any atom is -0.255 e. The second-order valence-corrected chi connectivity index (χ2v) is 5.91. The standard InChI is InChI=1S/C22H18FN/c1-13-9-14(2)11-16(10-13)22-19-8-7-17-18(5-4-6-20(17)23)21(19)15(3)12-24-22/h4-12H,1-3H3/i1D3,2D3. The van der Waals surface area contributed by atoms with E-state index in [2.05, 4.69) is 4.98 Å². The molecule has 0 aliphatic rings. The molecule has 0 radical (unpaired) electrons. The van der Waals surface area contributed by atoms with Crippen LogP contribution >= 0.6 is 0 Å². The van der Waals surface area contributed by atoms with E-state index < -0.39 is 13.7 Å². The quantitative estimate of drug-likeness (QED) is 0.385. The van der Waals surface area contributed by atoms with Crippen LogP contribution in [-0.2, 0) is 0 Å². The zero-order valence-electron chi connectivity index (χ0n) is 19.0. The number of rotatable bonds is 1. The molecule has 0 saturated carbocycles. The fourth-order valence-electron chi connectivity index (χ4n) is 3.23. The molecule has 0 spiro atoms. The molecular formula is C22H18FN. The molecule has 0 fully saturated rings. The lowest BCUT2D eigenvalue weighted by atomic mass is 9.95. The lowest BCUT2D eigenvalue weighted by Crippen LogP contribution is -1.92. The Morgan fingerprint density at radius 2 is 1.67 bits per heavy atom. The molecule has 4 aromatic rings. The molecule has 1 aromatic heterocycles. The van der Waals surface area contributed by atoms with Gasteiger partial charge in [0.15, 0.2) is 0 Å². The molecular weight excluding hydrogens is 297 g/mol. The Balaban J connectivity index is 2.09. The summed E-state index contributed by atoms with van der Waals surface area (Å²) in [6.07, 6.45) is 1.64. The molecule has 1 heterocycles. The molecule has 1 nitrogen and oxygen atoms in total. The molecule has 0 saturated heterocycles. The summed E-state index contributed by atoms with van der Waals surface area (Å²) in [6.45, 7) is -3.06. The van der Waals surface area contributed by atoms with Crippen LogP contribution in [0.4, 0.5) is 4.39 Å². The number of nitrogens with zero attached hydrogens (tertiary/aromatic N) is 1. The lowest BCUT2D eigenvalue weighted by molar-refractivity contribution is 0.640. The van der Waals surface area contributed by atoms with Crippen LogP contribution in [0.2, 0.25) is 0 Å². The molecule has 24 heavy (non-hydrogen) atoms. The highest BCUT2D eigenvalue weighted by atomic mass is 19.1.